The summed E-state index contributed by atoms with van der Waals surface area (Å²) in [6.45, 7) is 3.54. The van der Waals surface area contributed by atoms with Crippen LogP contribution in [0.2, 0.25) is 0 Å². The molecule has 2 heteroatoms. The summed E-state index contributed by atoms with van der Waals surface area (Å²) in [7, 11) is 0. The van der Waals surface area contributed by atoms with Crippen molar-refractivity contribution in [2.24, 2.45) is 0 Å². The number of benzene rings is 1. The van der Waals surface area contributed by atoms with Gasteiger partial charge in [0.15, 0.2) is 0 Å². The summed E-state index contributed by atoms with van der Waals surface area (Å²) in [6, 6.07) is 7.83. The second-order valence-corrected chi connectivity index (χ2v) is 4.23. The van der Waals surface area contributed by atoms with E-state index in [1.54, 1.807) is 6.92 Å². The van der Waals surface area contributed by atoms with Crippen LogP contribution in [0.5, 0.6) is 0 Å². The molecule has 0 saturated carbocycles. The van der Waals surface area contributed by atoms with Gasteiger partial charge in [-0.15, -0.1) is 0 Å². The molecule has 1 atom stereocenters. The second-order valence-electron chi connectivity index (χ2n) is 4.23. The standard InChI is InChI=1S/C13H20O2/c1-3-4-5-11-6-8-12(9-7-11)13(2,15)10-14/h6-9,14-15H,3-5,10H2,1-2H3/t13-/m0/s1. The molecule has 0 heterocycles. The highest BCUT2D eigenvalue weighted by atomic mass is 16.3. The van der Waals surface area contributed by atoms with Gasteiger partial charge < -0.3 is 10.2 Å². The highest BCUT2D eigenvalue weighted by Crippen LogP contribution is 2.20. The summed E-state index contributed by atoms with van der Waals surface area (Å²) in [5.74, 6) is 0. The van der Waals surface area contributed by atoms with Gasteiger partial charge in [-0.3, -0.25) is 0 Å². The zero-order valence-electron chi connectivity index (χ0n) is 9.53. The molecule has 0 amide bonds. The molecule has 84 valence electrons. The van der Waals surface area contributed by atoms with Gasteiger partial charge in [0.25, 0.3) is 0 Å². The van der Waals surface area contributed by atoms with Crippen LogP contribution in [0.25, 0.3) is 0 Å². The predicted octanol–water partition coefficient (Wildman–Crippen LogP) is 2.23. The first-order valence-corrected chi connectivity index (χ1v) is 5.53. The Balaban J connectivity index is 2.72. The van der Waals surface area contributed by atoms with Crippen LogP contribution in [0, 0.1) is 0 Å². The highest BCUT2D eigenvalue weighted by molar-refractivity contribution is 5.26. The number of aryl methyl sites for hydroxylation is 1. The molecule has 0 aliphatic heterocycles. The van der Waals surface area contributed by atoms with Crippen molar-refractivity contribution in [3.8, 4) is 0 Å². The van der Waals surface area contributed by atoms with Crippen LogP contribution in [-0.4, -0.2) is 16.8 Å². The Labute approximate surface area is 91.6 Å². The van der Waals surface area contributed by atoms with E-state index in [2.05, 4.69) is 6.92 Å². The fraction of sp³-hybridized carbons (Fsp3) is 0.538. The number of hydrogen-bond acceptors (Lipinski definition) is 2. The Bertz CT molecular complexity index is 288. The van der Waals surface area contributed by atoms with E-state index in [1.165, 1.54) is 18.4 Å². The summed E-state index contributed by atoms with van der Waals surface area (Å²) in [4.78, 5) is 0. The van der Waals surface area contributed by atoms with Crippen molar-refractivity contribution >= 4 is 0 Å². The van der Waals surface area contributed by atoms with Crippen molar-refractivity contribution < 1.29 is 10.2 Å². The molecule has 2 N–H and O–H groups in total. The molecule has 0 bridgehead atoms. The normalized spacial score (nSPS) is 14.9. The van der Waals surface area contributed by atoms with Gasteiger partial charge in [-0.25, -0.2) is 0 Å². The maximum atomic E-state index is 9.81. The Hall–Kier alpha value is -0.860. The van der Waals surface area contributed by atoms with Gasteiger partial charge in [-0.2, -0.15) is 0 Å². The third kappa shape index (κ3) is 3.33. The molecular weight excluding hydrogens is 188 g/mol. The fourth-order valence-corrected chi connectivity index (χ4v) is 1.50. The van der Waals surface area contributed by atoms with Crippen LogP contribution < -0.4 is 0 Å². The van der Waals surface area contributed by atoms with Crippen molar-refractivity contribution in [1.29, 1.82) is 0 Å². The van der Waals surface area contributed by atoms with Gasteiger partial charge in [-0.05, 0) is 30.9 Å². The quantitative estimate of drug-likeness (QED) is 0.779. The van der Waals surface area contributed by atoms with Crippen LogP contribution in [0.3, 0.4) is 0 Å². The van der Waals surface area contributed by atoms with Crippen LogP contribution in [-0.2, 0) is 12.0 Å². The Morgan fingerprint density at radius 1 is 1.20 bits per heavy atom. The van der Waals surface area contributed by atoms with Crippen molar-refractivity contribution in [2.45, 2.75) is 38.7 Å². The molecule has 2 nitrogen and oxygen atoms in total. The number of rotatable bonds is 5. The average Bonchev–Trinajstić information content (AvgIpc) is 2.27. The molecular formula is C13H20O2. The van der Waals surface area contributed by atoms with E-state index in [9.17, 15) is 5.11 Å². The topological polar surface area (TPSA) is 40.5 Å². The Morgan fingerprint density at radius 3 is 2.27 bits per heavy atom. The lowest BCUT2D eigenvalue weighted by atomic mass is 9.95. The molecule has 0 aromatic heterocycles. The number of aliphatic hydroxyl groups excluding tert-OH is 1. The summed E-state index contributed by atoms with van der Waals surface area (Å²) in [6.07, 6.45) is 3.46. The number of aliphatic hydroxyl groups is 2. The van der Waals surface area contributed by atoms with Crippen molar-refractivity contribution in [3.05, 3.63) is 35.4 Å². The Kier molecular flexibility index (Phi) is 4.30. The smallest absolute Gasteiger partial charge is 0.110 e. The van der Waals surface area contributed by atoms with E-state index in [-0.39, 0.29) is 6.61 Å². The van der Waals surface area contributed by atoms with E-state index in [0.717, 1.165) is 12.0 Å². The van der Waals surface area contributed by atoms with Gasteiger partial charge >= 0.3 is 0 Å². The maximum Gasteiger partial charge on any atom is 0.110 e. The summed E-state index contributed by atoms with van der Waals surface area (Å²) in [5.41, 5.74) is 0.933. The predicted molar refractivity (Wildman–Crippen MR) is 61.7 cm³/mol. The third-order valence-corrected chi connectivity index (χ3v) is 2.70. The molecule has 0 saturated heterocycles. The lowest BCUT2D eigenvalue weighted by Crippen LogP contribution is -2.25. The zero-order valence-corrected chi connectivity index (χ0v) is 9.53. The molecule has 0 unspecified atom stereocenters. The van der Waals surface area contributed by atoms with Crippen LogP contribution in [0.15, 0.2) is 24.3 Å². The molecule has 1 rings (SSSR count). The monoisotopic (exact) mass is 208 g/mol. The van der Waals surface area contributed by atoms with Gasteiger partial charge in [0, 0.05) is 0 Å². The molecule has 0 aliphatic rings. The lowest BCUT2D eigenvalue weighted by molar-refractivity contribution is -0.00229. The van der Waals surface area contributed by atoms with Crippen molar-refractivity contribution in [3.63, 3.8) is 0 Å². The van der Waals surface area contributed by atoms with Gasteiger partial charge in [0.2, 0.25) is 0 Å². The SMILES string of the molecule is CCCCc1ccc([C@@](C)(O)CO)cc1. The number of hydrogen-bond donors (Lipinski definition) is 2. The van der Waals surface area contributed by atoms with E-state index in [1.807, 2.05) is 24.3 Å². The molecule has 1 aromatic carbocycles. The van der Waals surface area contributed by atoms with E-state index in [0.29, 0.717) is 0 Å². The van der Waals surface area contributed by atoms with Crippen LogP contribution in [0.1, 0.15) is 37.8 Å². The molecule has 0 aliphatic carbocycles. The van der Waals surface area contributed by atoms with Crippen molar-refractivity contribution in [2.75, 3.05) is 6.61 Å². The third-order valence-electron chi connectivity index (χ3n) is 2.70. The van der Waals surface area contributed by atoms with Gasteiger partial charge in [0.05, 0.1) is 6.61 Å². The summed E-state index contributed by atoms with van der Waals surface area (Å²) in [5, 5.41) is 18.8. The fourth-order valence-electron chi connectivity index (χ4n) is 1.50. The van der Waals surface area contributed by atoms with E-state index >= 15 is 0 Å². The zero-order chi connectivity index (χ0) is 11.3. The summed E-state index contributed by atoms with van der Waals surface area (Å²) >= 11 is 0. The van der Waals surface area contributed by atoms with Gasteiger partial charge in [0.1, 0.15) is 5.60 Å². The summed E-state index contributed by atoms with van der Waals surface area (Å²) < 4.78 is 0. The molecule has 1 aromatic rings. The average molecular weight is 208 g/mol. The minimum absolute atomic E-state index is 0.249. The molecule has 0 radical (unpaired) electrons. The van der Waals surface area contributed by atoms with E-state index < -0.39 is 5.60 Å². The highest BCUT2D eigenvalue weighted by Gasteiger charge is 2.21. The first-order valence-electron chi connectivity index (χ1n) is 5.53. The first-order chi connectivity index (χ1) is 7.10. The van der Waals surface area contributed by atoms with Crippen LogP contribution >= 0.6 is 0 Å². The van der Waals surface area contributed by atoms with Crippen LogP contribution in [0.4, 0.5) is 0 Å². The molecule has 0 fully saturated rings. The Morgan fingerprint density at radius 2 is 1.80 bits per heavy atom. The first kappa shape index (κ1) is 12.2. The number of unbranched alkanes of at least 4 members (excludes halogenated alkanes) is 1. The largest absolute Gasteiger partial charge is 0.393 e. The maximum absolute atomic E-state index is 9.81. The van der Waals surface area contributed by atoms with Gasteiger partial charge in [-0.1, -0.05) is 37.6 Å². The second kappa shape index (κ2) is 5.29. The minimum Gasteiger partial charge on any atom is -0.393 e. The lowest BCUT2D eigenvalue weighted by Gasteiger charge is -2.20. The van der Waals surface area contributed by atoms with Crippen molar-refractivity contribution in [1.82, 2.24) is 0 Å². The molecule has 15 heavy (non-hydrogen) atoms. The van der Waals surface area contributed by atoms with E-state index in [4.69, 9.17) is 5.11 Å². The molecule has 0 spiro atoms. The minimum atomic E-state index is -1.12.